The molecule has 0 fully saturated rings. The van der Waals surface area contributed by atoms with Crippen LogP contribution in [0.3, 0.4) is 0 Å². The minimum absolute atomic E-state index is 0.116. The van der Waals surface area contributed by atoms with E-state index in [1.54, 1.807) is 11.3 Å². The van der Waals surface area contributed by atoms with Crippen LogP contribution in [-0.4, -0.2) is 6.54 Å². The quantitative estimate of drug-likeness (QED) is 0.795. The Bertz CT molecular complexity index is 470. The van der Waals surface area contributed by atoms with Crippen LogP contribution in [0.15, 0.2) is 46.3 Å². The molecular formula is C14H17BrN2S. The third-order valence-corrected chi connectivity index (χ3v) is 4.76. The Kier molecular flexibility index (Phi) is 5.38. The van der Waals surface area contributed by atoms with Gasteiger partial charge in [-0.2, -0.15) is 0 Å². The Morgan fingerprint density at radius 3 is 2.67 bits per heavy atom. The zero-order valence-corrected chi connectivity index (χ0v) is 12.5. The van der Waals surface area contributed by atoms with Crippen molar-refractivity contribution in [3.05, 3.63) is 56.7 Å². The van der Waals surface area contributed by atoms with Gasteiger partial charge in [-0.25, -0.2) is 0 Å². The molecule has 0 aliphatic rings. The number of benzene rings is 1. The summed E-state index contributed by atoms with van der Waals surface area (Å²) >= 11 is 5.29. The van der Waals surface area contributed by atoms with Gasteiger partial charge in [0.2, 0.25) is 0 Å². The maximum absolute atomic E-state index is 6.14. The molecule has 18 heavy (non-hydrogen) atoms. The molecule has 3 N–H and O–H groups in total. The molecule has 0 saturated carbocycles. The molecule has 1 atom stereocenters. The average Bonchev–Trinajstić information content (AvgIpc) is 2.81. The van der Waals surface area contributed by atoms with Crippen molar-refractivity contribution < 1.29 is 0 Å². The predicted molar refractivity (Wildman–Crippen MR) is 81.7 cm³/mol. The van der Waals surface area contributed by atoms with Crippen LogP contribution in [-0.2, 0) is 6.54 Å². The van der Waals surface area contributed by atoms with Crippen molar-refractivity contribution in [2.75, 3.05) is 6.54 Å². The molecule has 4 heteroatoms. The van der Waals surface area contributed by atoms with E-state index in [1.807, 2.05) is 18.2 Å². The molecule has 2 nitrogen and oxygen atoms in total. The van der Waals surface area contributed by atoms with Crippen LogP contribution in [0.4, 0.5) is 0 Å². The lowest BCUT2D eigenvalue weighted by atomic mass is 10.1. The van der Waals surface area contributed by atoms with Crippen molar-refractivity contribution in [3.8, 4) is 0 Å². The van der Waals surface area contributed by atoms with Crippen LogP contribution >= 0.6 is 27.3 Å². The van der Waals surface area contributed by atoms with Gasteiger partial charge in [0, 0.05) is 21.9 Å². The van der Waals surface area contributed by atoms with Gasteiger partial charge in [0.05, 0.1) is 0 Å². The molecule has 0 aliphatic carbocycles. The molecule has 1 heterocycles. The lowest BCUT2D eigenvalue weighted by Gasteiger charge is -2.12. The summed E-state index contributed by atoms with van der Waals surface area (Å²) < 4.78 is 1.19. The van der Waals surface area contributed by atoms with Crippen molar-refractivity contribution >= 4 is 27.3 Å². The Hall–Kier alpha value is -0.680. The van der Waals surface area contributed by atoms with Crippen molar-refractivity contribution in [3.63, 3.8) is 0 Å². The number of thiophene rings is 1. The van der Waals surface area contributed by atoms with E-state index in [9.17, 15) is 0 Å². The average molecular weight is 325 g/mol. The van der Waals surface area contributed by atoms with Crippen LogP contribution < -0.4 is 11.1 Å². The van der Waals surface area contributed by atoms with E-state index in [1.165, 1.54) is 14.9 Å². The first kappa shape index (κ1) is 13.7. The lowest BCUT2D eigenvalue weighted by molar-refractivity contribution is 0.582. The van der Waals surface area contributed by atoms with E-state index in [0.717, 1.165) is 19.5 Å². The third kappa shape index (κ3) is 3.92. The van der Waals surface area contributed by atoms with E-state index in [4.69, 9.17) is 5.73 Å². The highest BCUT2D eigenvalue weighted by molar-refractivity contribution is 9.10. The first-order valence-corrected chi connectivity index (χ1v) is 7.68. The predicted octanol–water partition coefficient (Wildman–Crippen LogP) is 3.69. The van der Waals surface area contributed by atoms with E-state index in [0.29, 0.717) is 0 Å². The van der Waals surface area contributed by atoms with Crippen molar-refractivity contribution in [2.45, 2.75) is 19.0 Å². The molecule has 0 saturated heterocycles. The van der Waals surface area contributed by atoms with Gasteiger partial charge in [0.1, 0.15) is 0 Å². The first-order chi connectivity index (χ1) is 8.77. The SMILES string of the molecule is NC(CCNCc1sccc1Br)c1ccccc1. The molecule has 2 aromatic rings. The van der Waals surface area contributed by atoms with Crippen LogP contribution in [0.1, 0.15) is 22.9 Å². The fourth-order valence-corrected chi connectivity index (χ4v) is 3.24. The van der Waals surface area contributed by atoms with Gasteiger partial charge in [-0.05, 0) is 45.9 Å². The molecule has 1 aromatic carbocycles. The highest BCUT2D eigenvalue weighted by Gasteiger charge is 2.05. The lowest BCUT2D eigenvalue weighted by Crippen LogP contribution is -2.20. The Morgan fingerprint density at radius 2 is 2.00 bits per heavy atom. The van der Waals surface area contributed by atoms with Gasteiger partial charge in [0.25, 0.3) is 0 Å². The number of hydrogen-bond acceptors (Lipinski definition) is 3. The van der Waals surface area contributed by atoms with Crippen LogP contribution in [0.5, 0.6) is 0 Å². The van der Waals surface area contributed by atoms with Crippen LogP contribution in [0.25, 0.3) is 0 Å². The summed E-state index contributed by atoms with van der Waals surface area (Å²) in [6, 6.07) is 12.4. The van der Waals surface area contributed by atoms with E-state index < -0.39 is 0 Å². The number of nitrogens with one attached hydrogen (secondary N) is 1. The molecule has 1 aromatic heterocycles. The van der Waals surface area contributed by atoms with Gasteiger partial charge in [-0.15, -0.1) is 11.3 Å². The van der Waals surface area contributed by atoms with Crippen molar-refractivity contribution in [1.29, 1.82) is 0 Å². The second kappa shape index (κ2) is 7.04. The molecule has 1 unspecified atom stereocenters. The summed E-state index contributed by atoms with van der Waals surface area (Å²) in [6.45, 7) is 1.83. The monoisotopic (exact) mass is 324 g/mol. The summed E-state index contributed by atoms with van der Waals surface area (Å²) in [5.74, 6) is 0. The minimum Gasteiger partial charge on any atom is -0.324 e. The molecule has 96 valence electrons. The fourth-order valence-electron chi connectivity index (χ4n) is 1.78. The Balaban J connectivity index is 1.71. The first-order valence-electron chi connectivity index (χ1n) is 6.00. The zero-order valence-electron chi connectivity index (χ0n) is 10.1. The second-order valence-electron chi connectivity index (χ2n) is 4.17. The summed E-state index contributed by atoms with van der Waals surface area (Å²) in [5.41, 5.74) is 7.34. The molecule has 0 spiro atoms. The molecule has 2 rings (SSSR count). The maximum Gasteiger partial charge on any atom is 0.0327 e. The standard InChI is InChI=1S/C14H17BrN2S/c15-12-7-9-18-14(12)10-17-8-6-13(16)11-4-2-1-3-5-11/h1-5,7,9,13,17H,6,8,10,16H2. The van der Waals surface area contributed by atoms with E-state index in [-0.39, 0.29) is 6.04 Å². The van der Waals surface area contributed by atoms with Gasteiger partial charge < -0.3 is 11.1 Å². The summed E-state index contributed by atoms with van der Waals surface area (Å²) in [4.78, 5) is 1.34. The van der Waals surface area contributed by atoms with Crippen molar-refractivity contribution in [1.82, 2.24) is 5.32 Å². The topological polar surface area (TPSA) is 38.0 Å². The van der Waals surface area contributed by atoms with Gasteiger partial charge in [-0.3, -0.25) is 0 Å². The van der Waals surface area contributed by atoms with Crippen LogP contribution in [0.2, 0.25) is 0 Å². The molecule has 0 amide bonds. The smallest absolute Gasteiger partial charge is 0.0327 e. The molecular weight excluding hydrogens is 308 g/mol. The summed E-state index contributed by atoms with van der Waals surface area (Å²) in [5, 5.41) is 5.52. The normalized spacial score (nSPS) is 12.6. The van der Waals surface area contributed by atoms with E-state index in [2.05, 4.69) is 44.8 Å². The number of nitrogens with two attached hydrogens (primary N) is 1. The summed E-state index contributed by atoms with van der Waals surface area (Å²) in [6.07, 6.45) is 0.951. The largest absolute Gasteiger partial charge is 0.324 e. The number of hydrogen-bond donors (Lipinski definition) is 2. The maximum atomic E-state index is 6.14. The minimum atomic E-state index is 0.116. The van der Waals surface area contributed by atoms with E-state index >= 15 is 0 Å². The fraction of sp³-hybridized carbons (Fsp3) is 0.286. The number of halogens is 1. The van der Waals surface area contributed by atoms with Gasteiger partial charge in [-0.1, -0.05) is 30.3 Å². The third-order valence-electron chi connectivity index (χ3n) is 2.84. The summed E-state index contributed by atoms with van der Waals surface area (Å²) in [7, 11) is 0. The highest BCUT2D eigenvalue weighted by Crippen LogP contribution is 2.22. The van der Waals surface area contributed by atoms with Gasteiger partial charge >= 0.3 is 0 Å². The zero-order chi connectivity index (χ0) is 12.8. The molecule has 0 radical (unpaired) electrons. The second-order valence-corrected chi connectivity index (χ2v) is 6.03. The van der Waals surface area contributed by atoms with Crippen molar-refractivity contribution in [2.24, 2.45) is 5.73 Å². The Morgan fingerprint density at radius 1 is 1.22 bits per heavy atom. The molecule has 0 aliphatic heterocycles. The van der Waals surface area contributed by atoms with Crippen LogP contribution in [0, 0.1) is 0 Å². The highest BCUT2D eigenvalue weighted by atomic mass is 79.9. The Labute approximate surface area is 120 Å². The number of rotatable bonds is 6. The molecule has 0 bridgehead atoms. The van der Waals surface area contributed by atoms with Gasteiger partial charge in [0.15, 0.2) is 0 Å².